The zero-order chi connectivity index (χ0) is 20.2. The van der Waals surface area contributed by atoms with E-state index in [2.05, 4.69) is 20.8 Å². The molecule has 0 fully saturated rings. The van der Waals surface area contributed by atoms with Crippen LogP contribution in [0, 0.1) is 5.82 Å². The number of aromatic nitrogens is 2. The second kappa shape index (κ2) is 8.14. The van der Waals surface area contributed by atoms with Gasteiger partial charge in [-0.3, -0.25) is 9.89 Å². The molecule has 148 valence electrons. The summed E-state index contributed by atoms with van der Waals surface area (Å²) in [6.45, 7) is 1.18. The van der Waals surface area contributed by atoms with E-state index in [0.717, 1.165) is 16.8 Å². The van der Waals surface area contributed by atoms with E-state index in [9.17, 15) is 14.0 Å². The zero-order valence-electron chi connectivity index (χ0n) is 15.6. The predicted molar refractivity (Wildman–Crippen MR) is 105 cm³/mol. The van der Waals surface area contributed by atoms with E-state index < -0.39 is 0 Å². The Hall–Kier alpha value is -3.68. The second-order valence-corrected chi connectivity index (χ2v) is 6.88. The maximum absolute atomic E-state index is 13.0. The number of hydrogen-bond acceptors (Lipinski definition) is 3. The quantitative estimate of drug-likeness (QED) is 0.623. The first kappa shape index (κ1) is 18.7. The Morgan fingerprint density at radius 2 is 1.79 bits per heavy atom. The van der Waals surface area contributed by atoms with Crippen molar-refractivity contribution < 1.29 is 14.0 Å². The van der Waals surface area contributed by atoms with Gasteiger partial charge in [-0.15, -0.1) is 0 Å². The first-order chi connectivity index (χ1) is 14.1. The number of anilines is 1. The molecule has 2 aromatic carbocycles. The van der Waals surface area contributed by atoms with Crippen molar-refractivity contribution in [2.24, 2.45) is 0 Å². The molecule has 3 N–H and O–H groups in total. The molecular formula is C21H20FN5O2. The molecule has 3 aromatic rings. The first-order valence-corrected chi connectivity index (χ1v) is 9.25. The summed E-state index contributed by atoms with van der Waals surface area (Å²) < 4.78 is 13.0. The van der Waals surface area contributed by atoms with Crippen LogP contribution in [0.3, 0.4) is 0 Å². The number of halogens is 1. The summed E-state index contributed by atoms with van der Waals surface area (Å²) in [6, 6.07) is 15.3. The van der Waals surface area contributed by atoms with Crippen molar-refractivity contribution in [2.75, 3.05) is 5.32 Å². The van der Waals surface area contributed by atoms with Crippen LogP contribution in [-0.4, -0.2) is 27.0 Å². The maximum atomic E-state index is 13.0. The Morgan fingerprint density at radius 1 is 1.03 bits per heavy atom. The van der Waals surface area contributed by atoms with Gasteiger partial charge in [-0.05, 0) is 23.3 Å². The van der Waals surface area contributed by atoms with E-state index in [1.165, 1.54) is 12.1 Å². The molecule has 8 heteroatoms. The maximum Gasteiger partial charge on any atom is 0.318 e. The number of H-pyrrole nitrogens is 1. The molecule has 0 atom stereocenters. The molecule has 3 amide bonds. The minimum Gasteiger partial charge on any atom is -0.334 e. The molecule has 0 saturated carbocycles. The molecule has 1 aliphatic heterocycles. The number of hydrogen-bond donors (Lipinski definition) is 3. The van der Waals surface area contributed by atoms with E-state index in [0.29, 0.717) is 31.0 Å². The molecule has 0 aliphatic carbocycles. The number of carbonyl (C=O) groups excluding carboxylic acids is 2. The molecule has 0 unspecified atom stereocenters. The van der Waals surface area contributed by atoms with E-state index in [1.807, 2.05) is 30.3 Å². The van der Waals surface area contributed by atoms with Crippen molar-refractivity contribution in [2.45, 2.75) is 26.1 Å². The highest BCUT2D eigenvalue weighted by atomic mass is 19.1. The fourth-order valence-electron chi connectivity index (χ4n) is 3.23. The standard InChI is InChI=1S/C21H20FN5O2/c22-16-8-6-14(7-9-16)10-19(28)24-20-17-12-27(13-18(17)25-26-20)21(29)23-11-15-4-2-1-3-5-15/h1-9H,10-13H2,(H,23,29)(H2,24,25,26,28). The van der Waals surface area contributed by atoms with Crippen LogP contribution in [-0.2, 0) is 30.8 Å². The van der Waals surface area contributed by atoms with Crippen LogP contribution in [0.2, 0.25) is 0 Å². The summed E-state index contributed by atoms with van der Waals surface area (Å²) in [4.78, 5) is 26.4. The number of carbonyl (C=O) groups is 2. The van der Waals surface area contributed by atoms with Gasteiger partial charge < -0.3 is 15.5 Å². The smallest absolute Gasteiger partial charge is 0.318 e. The van der Waals surface area contributed by atoms with E-state index in [-0.39, 0.29) is 24.2 Å². The summed E-state index contributed by atoms with van der Waals surface area (Å²) in [5.41, 5.74) is 3.26. The van der Waals surface area contributed by atoms with Gasteiger partial charge in [0.1, 0.15) is 11.6 Å². The molecule has 7 nitrogen and oxygen atoms in total. The minimum atomic E-state index is -0.342. The van der Waals surface area contributed by atoms with Crippen LogP contribution in [0.4, 0.5) is 15.0 Å². The van der Waals surface area contributed by atoms with Gasteiger partial charge >= 0.3 is 6.03 Å². The fraction of sp³-hybridized carbons (Fsp3) is 0.190. The number of nitrogens with zero attached hydrogens (tertiary/aromatic N) is 2. The number of benzene rings is 2. The summed E-state index contributed by atoms with van der Waals surface area (Å²) in [6.07, 6.45) is 0.120. The van der Waals surface area contributed by atoms with Crippen LogP contribution in [0.25, 0.3) is 0 Å². The van der Waals surface area contributed by atoms with Gasteiger partial charge in [-0.1, -0.05) is 42.5 Å². The van der Waals surface area contributed by atoms with Gasteiger partial charge in [0.25, 0.3) is 0 Å². The molecule has 0 saturated heterocycles. The molecule has 0 bridgehead atoms. The van der Waals surface area contributed by atoms with Crippen molar-refractivity contribution >= 4 is 17.8 Å². The third-order valence-corrected chi connectivity index (χ3v) is 4.76. The van der Waals surface area contributed by atoms with Gasteiger partial charge in [0.15, 0.2) is 0 Å². The van der Waals surface area contributed by atoms with Crippen LogP contribution in [0.5, 0.6) is 0 Å². The van der Waals surface area contributed by atoms with Gasteiger partial charge in [-0.2, -0.15) is 5.10 Å². The molecule has 29 heavy (non-hydrogen) atoms. The van der Waals surface area contributed by atoms with Crippen LogP contribution in [0.1, 0.15) is 22.4 Å². The number of urea groups is 1. The van der Waals surface area contributed by atoms with Crippen molar-refractivity contribution in [3.8, 4) is 0 Å². The summed E-state index contributed by atoms with van der Waals surface area (Å²) in [5.74, 6) is -0.0910. The number of fused-ring (bicyclic) bond motifs is 1. The SMILES string of the molecule is O=C(Cc1ccc(F)cc1)Nc1[nH]nc2c1CN(C(=O)NCc1ccccc1)C2. The molecule has 0 spiro atoms. The Kier molecular flexibility index (Phi) is 5.24. The van der Waals surface area contributed by atoms with Crippen molar-refractivity contribution in [1.82, 2.24) is 20.4 Å². The number of nitrogens with one attached hydrogen (secondary N) is 3. The fourth-order valence-corrected chi connectivity index (χ4v) is 3.23. The highest BCUT2D eigenvalue weighted by Crippen LogP contribution is 2.27. The highest BCUT2D eigenvalue weighted by molar-refractivity contribution is 5.92. The predicted octanol–water partition coefficient (Wildman–Crippen LogP) is 2.96. The Labute approximate surface area is 166 Å². The second-order valence-electron chi connectivity index (χ2n) is 6.88. The summed E-state index contributed by atoms with van der Waals surface area (Å²) in [7, 11) is 0. The first-order valence-electron chi connectivity index (χ1n) is 9.25. The van der Waals surface area contributed by atoms with Gasteiger partial charge in [-0.25, -0.2) is 9.18 Å². The van der Waals surface area contributed by atoms with E-state index in [4.69, 9.17) is 0 Å². The van der Waals surface area contributed by atoms with Gasteiger partial charge in [0.05, 0.1) is 25.2 Å². The molecule has 4 rings (SSSR count). The lowest BCUT2D eigenvalue weighted by atomic mass is 10.1. The van der Waals surface area contributed by atoms with Crippen molar-refractivity contribution in [3.63, 3.8) is 0 Å². The summed E-state index contributed by atoms with van der Waals surface area (Å²) in [5, 5.41) is 12.7. The Bertz CT molecular complexity index is 1020. The van der Waals surface area contributed by atoms with Crippen molar-refractivity contribution in [1.29, 1.82) is 0 Å². The normalized spacial score (nSPS) is 12.5. The Balaban J connectivity index is 1.33. The lowest BCUT2D eigenvalue weighted by molar-refractivity contribution is -0.115. The highest BCUT2D eigenvalue weighted by Gasteiger charge is 2.28. The Morgan fingerprint density at radius 3 is 2.55 bits per heavy atom. The molecule has 1 aromatic heterocycles. The lowest BCUT2D eigenvalue weighted by Gasteiger charge is -2.17. The molecular weight excluding hydrogens is 373 g/mol. The molecule has 0 radical (unpaired) electrons. The number of aromatic amines is 1. The van der Waals surface area contributed by atoms with Crippen molar-refractivity contribution in [3.05, 3.63) is 82.8 Å². The molecule has 2 heterocycles. The van der Waals surface area contributed by atoms with Crippen LogP contribution >= 0.6 is 0 Å². The number of amides is 3. The average Bonchev–Trinajstić information content (AvgIpc) is 3.31. The molecule has 1 aliphatic rings. The minimum absolute atomic E-state index is 0.120. The summed E-state index contributed by atoms with van der Waals surface area (Å²) >= 11 is 0. The van der Waals surface area contributed by atoms with Gasteiger partial charge in [0.2, 0.25) is 5.91 Å². The lowest BCUT2D eigenvalue weighted by Crippen LogP contribution is -2.36. The largest absolute Gasteiger partial charge is 0.334 e. The van der Waals surface area contributed by atoms with E-state index >= 15 is 0 Å². The van der Waals surface area contributed by atoms with Crippen LogP contribution in [0.15, 0.2) is 54.6 Å². The monoisotopic (exact) mass is 393 g/mol. The van der Waals surface area contributed by atoms with Gasteiger partial charge in [0, 0.05) is 12.1 Å². The third kappa shape index (κ3) is 4.43. The number of rotatable bonds is 5. The average molecular weight is 393 g/mol. The van der Waals surface area contributed by atoms with Crippen LogP contribution < -0.4 is 10.6 Å². The zero-order valence-corrected chi connectivity index (χ0v) is 15.6. The topological polar surface area (TPSA) is 90.1 Å². The third-order valence-electron chi connectivity index (χ3n) is 4.76. The van der Waals surface area contributed by atoms with E-state index in [1.54, 1.807) is 17.0 Å².